The smallest absolute Gasteiger partial charge is 0.0958 e. The Morgan fingerprint density at radius 3 is 2.50 bits per heavy atom. The van der Waals surface area contributed by atoms with Crippen molar-refractivity contribution in [1.82, 2.24) is 4.98 Å². The summed E-state index contributed by atoms with van der Waals surface area (Å²) in [6.07, 6.45) is 0.648. The van der Waals surface area contributed by atoms with Crippen LogP contribution in [0.4, 0.5) is 0 Å². The molecule has 0 unspecified atom stereocenters. The SMILES string of the molecule is Cc1ccc(-c2nc(CCO)sc2C)c(C)c1C. The Labute approximate surface area is 112 Å². The predicted molar refractivity (Wildman–Crippen MR) is 77.3 cm³/mol. The molecule has 0 amide bonds. The summed E-state index contributed by atoms with van der Waals surface area (Å²) >= 11 is 1.68. The average Bonchev–Trinajstić information content (AvgIpc) is 2.68. The van der Waals surface area contributed by atoms with Gasteiger partial charge in [0.15, 0.2) is 0 Å². The highest BCUT2D eigenvalue weighted by atomic mass is 32.1. The normalized spacial score (nSPS) is 10.9. The molecule has 2 rings (SSSR count). The van der Waals surface area contributed by atoms with Gasteiger partial charge in [0.05, 0.1) is 10.7 Å². The van der Waals surface area contributed by atoms with Gasteiger partial charge in [-0.3, -0.25) is 0 Å². The molecule has 0 bridgehead atoms. The monoisotopic (exact) mass is 261 g/mol. The van der Waals surface area contributed by atoms with Gasteiger partial charge in [-0.25, -0.2) is 4.98 Å². The summed E-state index contributed by atoms with van der Waals surface area (Å²) in [4.78, 5) is 5.89. The van der Waals surface area contributed by atoms with Crippen LogP contribution in [0, 0.1) is 27.7 Å². The van der Waals surface area contributed by atoms with Crippen molar-refractivity contribution < 1.29 is 5.11 Å². The highest BCUT2D eigenvalue weighted by molar-refractivity contribution is 7.12. The molecule has 1 N–H and O–H groups in total. The van der Waals surface area contributed by atoms with Crippen LogP contribution in [0.15, 0.2) is 12.1 Å². The first-order chi connectivity index (χ1) is 8.54. The van der Waals surface area contributed by atoms with E-state index >= 15 is 0 Å². The van der Waals surface area contributed by atoms with E-state index in [-0.39, 0.29) is 6.61 Å². The third-order valence-electron chi connectivity index (χ3n) is 3.48. The summed E-state index contributed by atoms with van der Waals surface area (Å²) in [5, 5.41) is 10.0. The third kappa shape index (κ3) is 2.33. The van der Waals surface area contributed by atoms with Gasteiger partial charge < -0.3 is 5.11 Å². The molecular weight excluding hydrogens is 242 g/mol. The van der Waals surface area contributed by atoms with E-state index in [9.17, 15) is 0 Å². The molecule has 18 heavy (non-hydrogen) atoms. The topological polar surface area (TPSA) is 33.1 Å². The fraction of sp³-hybridized carbons (Fsp3) is 0.400. The number of rotatable bonds is 3. The highest BCUT2D eigenvalue weighted by Crippen LogP contribution is 2.32. The van der Waals surface area contributed by atoms with Gasteiger partial charge >= 0.3 is 0 Å². The van der Waals surface area contributed by atoms with E-state index in [4.69, 9.17) is 5.11 Å². The third-order valence-corrected chi connectivity index (χ3v) is 4.51. The van der Waals surface area contributed by atoms with Gasteiger partial charge in [-0.2, -0.15) is 0 Å². The largest absolute Gasteiger partial charge is 0.396 e. The molecule has 0 aliphatic rings. The lowest BCUT2D eigenvalue weighted by molar-refractivity contribution is 0.299. The second-order valence-electron chi connectivity index (χ2n) is 4.67. The van der Waals surface area contributed by atoms with Crippen LogP contribution in [0.25, 0.3) is 11.3 Å². The van der Waals surface area contributed by atoms with E-state index in [1.165, 1.54) is 27.1 Å². The molecule has 1 aromatic heterocycles. The van der Waals surface area contributed by atoms with Gasteiger partial charge in [-0.15, -0.1) is 11.3 Å². The Kier molecular flexibility index (Phi) is 3.83. The minimum Gasteiger partial charge on any atom is -0.396 e. The van der Waals surface area contributed by atoms with Crippen molar-refractivity contribution in [3.05, 3.63) is 38.7 Å². The van der Waals surface area contributed by atoms with Crippen LogP contribution in [-0.2, 0) is 6.42 Å². The lowest BCUT2D eigenvalue weighted by atomic mass is 9.97. The number of thiazole rings is 1. The number of nitrogens with zero attached hydrogens (tertiary/aromatic N) is 1. The summed E-state index contributed by atoms with van der Waals surface area (Å²) in [6, 6.07) is 4.31. The zero-order chi connectivity index (χ0) is 13.3. The van der Waals surface area contributed by atoms with Crippen LogP contribution in [0.1, 0.15) is 26.6 Å². The predicted octanol–water partition coefficient (Wildman–Crippen LogP) is 3.58. The van der Waals surface area contributed by atoms with Gasteiger partial charge in [-0.05, 0) is 44.4 Å². The van der Waals surface area contributed by atoms with Crippen molar-refractivity contribution in [3.63, 3.8) is 0 Å². The summed E-state index contributed by atoms with van der Waals surface area (Å²) in [5.41, 5.74) is 6.25. The van der Waals surface area contributed by atoms with E-state index in [1.807, 2.05) is 0 Å². The molecule has 0 aliphatic carbocycles. The minimum absolute atomic E-state index is 0.165. The van der Waals surface area contributed by atoms with Crippen molar-refractivity contribution in [2.75, 3.05) is 6.61 Å². The van der Waals surface area contributed by atoms with E-state index in [0.717, 1.165) is 10.7 Å². The fourth-order valence-electron chi connectivity index (χ4n) is 2.12. The maximum Gasteiger partial charge on any atom is 0.0958 e. The highest BCUT2D eigenvalue weighted by Gasteiger charge is 2.13. The average molecular weight is 261 g/mol. The molecule has 3 heteroatoms. The van der Waals surface area contributed by atoms with Crippen LogP contribution < -0.4 is 0 Å². The Morgan fingerprint density at radius 2 is 1.83 bits per heavy atom. The number of benzene rings is 1. The second kappa shape index (κ2) is 5.21. The summed E-state index contributed by atoms with van der Waals surface area (Å²) in [6.45, 7) is 8.71. The summed E-state index contributed by atoms with van der Waals surface area (Å²) < 4.78 is 0. The number of aromatic nitrogens is 1. The first-order valence-electron chi connectivity index (χ1n) is 6.19. The molecule has 0 aliphatic heterocycles. The summed E-state index contributed by atoms with van der Waals surface area (Å²) in [5.74, 6) is 0. The molecule has 0 atom stereocenters. The van der Waals surface area contributed by atoms with Crippen molar-refractivity contribution >= 4 is 11.3 Å². The van der Waals surface area contributed by atoms with Crippen LogP contribution in [-0.4, -0.2) is 16.7 Å². The summed E-state index contributed by atoms with van der Waals surface area (Å²) in [7, 11) is 0. The number of aliphatic hydroxyl groups is 1. The number of hydrogen-bond acceptors (Lipinski definition) is 3. The molecule has 96 valence electrons. The Morgan fingerprint density at radius 1 is 1.11 bits per heavy atom. The number of aryl methyl sites for hydroxylation is 2. The zero-order valence-electron chi connectivity index (χ0n) is 11.4. The molecule has 0 spiro atoms. The Balaban J connectivity index is 2.52. The maximum absolute atomic E-state index is 8.99. The molecule has 2 aromatic rings. The van der Waals surface area contributed by atoms with Gasteiger partial charge in [0.1, 0.15) is 0 Å². The number of hydrogen-bond donors (Lipinski definition) is 1. The lowest BCUT2D eigenvalue weighted by Gasteiger charge is -2.10. The van der Waals surface area contributed by atoms with Crippen molar-refractivity contribution in [3.8, 4) is 11.3 Å². The van der Waals surface area contributed by atoms with Crippen molar-refractivity contribution in [2.45, 2.75) is 34.1 Å². The molecule has 1 aromatic carbocycles. The van der Waals surface area contributed by atoms with Crippen molar-refractivity contribution in [2.24, 2.45) is 0 Å². The quantitative estimate of drug-likeness (QED) is 0.916. The maximum atomic E-state index is 8.99. The molecule has 2 nitrogen and oxygen atoms in total. The molecule has 1 heterocycles. The molecule has 0 fully saturated rings. The van der Waals surface area contributed by atoms with Gasteiger partial charge in [-0.1, -0.05) is 12.1 Å². The van der Waals surface area contributed by atoms with Crippen LogP contribution in [0.3, 0.4) is 0 Å². The van der Waals surface area contributed by atoms with Gasteiger partial charge in [0, 0.05) is 23.5 Å². The fourth-order valence-corrected chi connectivity index (χ4v) is 3.05. The van der Waals surface area contributed by atoms with Crippen LogP contribution in [0.5, 0.6) is 0 Å². The van der Waals surface area contributed by atoms with E-state index in [2.05, 4.69) is 44.8 Å². The van der Waals surface area contributed by atoms with E-state index in [0.29, 0.717) is 6.42 Å². The van der Waals surface area contributed by atoms with Gasteiger partial charge in [0.2, 0.25) is 0 Å². The second-order valence-corrected chi connectivity index (χ2v) is 5.95. The Hall–Kier alpha value is -1.19. The lowest BCUT2D eigenvalue weighted by Crippen LogP contribution is -1.93. The molecular formula is C15H19NOS. The standard InChI is InChI=1S/C15H19NOS/c1-9-5-6-13(11(3)10(9)2)15-12(4)18-14(16-15)7-8-17/h5-6,17H,7-8H2,1-4H3. The first kappa shape index (κ1) is 13.2. The molecule has 0 saturated carbocycles. The van der Waals surface area contributed by atoms with E-state index < -0.39 is 0 Å². The molecule has 0 saturated heterocycles. The zero-order valence-corrected chi connectivity index (χ0v) is 12.2. The number of aliphatic hydroxyl groups excluding tert-OH is 1. The first-order valence-corrected chi connectivity index (χ1v) is 7.00. The van der Waals surface area contributed by atoms with Crippen LogP contribution in [0.2, 0.25) is 0 Å². The van der Waals surface area contributed by atoms with Gasteiger partial charge in [0.25, 0.3) is 0 Å². The van der Waals surface area contributed by atoms with Crippen molar-refractivity contribution in [1.29, 1.82) is 0 Å². The Bertz CT molecular complexity index is 572. The van der Waals surface area contributed by atoms with Crippen LogP contribution >= 0.6 is 11.3 Å². The van der Waals surface area contributed by atoms with E-state index in [1.54, 1.807) is 11.3 Å². The minimum atomic E-state index is 0.165. The molecule has 0 radical (unpaired) electrons.